The summed E-state index contributed by atoms with van der Waals surface area (Å²) in [6, 6.07) is 10.9. The lowest BCUT2D eigenvalue weighted by atomic mass is 10.2. The summed E-state index contributed by atoms with van der Waals surface area (Å²) in [6.07, 6.45) is 4.58. The van der Waals surface area contributed by atoms with E-state index in [1.54, 1.807) is 11.3 Å². The van der Waals surface area contributed by atoms with Gasteiger partial charge in [0.2, 0.25) is 11.9 Å². The Hall–Kier alpha value is -2.32. The predicted molar refractivity (Wildman–Crippen MR) is 126 cm³/mol. The van der Waals surface area contributed by atoms with Gasteiger partial charge in [0.05, 0.1) is 11.4 Å². The molecule has 2 aliphatic rings. The van der Waals surface area contributed by atoms with Gasteiger partial charge in [-0.2, -0.15) is 11.3 Å². The number of thioether (sulfide) groups is 1. The number of aryl methyl sites for hydroxylation is 1. The van der Waals surface area contributed by atoms with Crippen molar-refractivity contribution < 1.29 is 4.79 Å². The van der Waals surface area contributed by atoms with E-state index in [0.717, 1.165) is 42.7 Å². The van der Waals surface area contributed by atoms with Gasteiger partial charge in [-0.1, -0.05) is 29.5 Å². The Labute approximate surface area is 191 Å². The molecule has 0 atom stereocenters. The summed E-state index contributed by atoms with van der Waals surface area (Å²) in [6.45, 7) is 4.80. The minimum Gasteiger partial charge on any atom is -0.341 e. The summed E-state index contributed by atoms with van der Waals surface area (Å²) in [5, 5.41) is 14.0. The predicted octanol–water partition coefficient (Wildman–Crippen LogP) is 4.52. The van der Waals surface area contributed by atoms with Crippen LogP contribution in [0.3, 0.4) is 0 Å². The largest absolute Gasteiger partial charge is 0.341 e. The Morgan fingerprint density at radius 3 is 2.61 bits per heavy atom. The van der Waals surface area contributed by atoms with Gasteiger partial charge in [-0.15, -0.1) is 10.2 Å². The molecule has 0 unspecified atom stereocenters. The molecule has 2 aromatic heterocycles. The smallest absolute Gasteiger partial charge is 0.233 e. The lowest BCUT2D eigenvalue weighted by Crippen LogP contribution is -2.33. The number of anilines is 1. The van der Waals surface area contributed by atoms with Crippen molar-refractivity contribution in [3.05, 3.63) is 52.2 Å². The first-order valence-electron chi connectivity index (χ1n) is 10.9. The monoisotopic (exact) mass is 453 g/mol. The fourth-order valence-electron chi connectivity index (χ4n) is 3.99. The van der Waals surface area contributed by atoms with Crippen LogP contribution in [0.2, 0.25) is 0 Å². The number of hydrogen-bond donors (Lipinski definition) is 0. The molecule has 2 fully saturated rings. The maximum absolute atomic E-state index is 13.1. The zero-order valence-corrected chi connectivity index (χ0v) is 19.4. The number of aromatic nitrogens is 3. The van der Waals surface area contributed by atoms with Gasteiger partial charge in [0.15, 0.2) is 5.16 Å². The van der Waals surface area contributed by atoms with Gasteiger partial charge in [0.1, 0.15) is 0 Å². The molecule has 162 valence electrons. The number of benzene rings is 1. The van der Waals surface area contributed by atoms with Crippen LogP contribution < -0.4 is 4.90 Å². The van der Waals surface area contributed by atoms with Gasteiger partial charge in [-0.05, 0) is 67.1 Å². The Morgan fingerprint density at radius 1 is 1.16 bits per heavy atom. The van der Waals surface area contributed by atoms with Gasteiger partial charge in [0.25, 0.3) is 0 Å². The zero-order chi connectivity index (χ0) is 21.2. The van der Waals surface area contributed by atoms with Crippen molar-refractivity contribution in [3.8, 4) is 5.69 Å². The molecule has 1 aliphatic heterocycles. The van der Waals surface area contributed by atoms with E-state index in [-0.39, 0.29) is 5.91 Å². The average molecular weight is 454 g/mol. The lowest BCUT2D eigenvalue weighted by molar-refractivity contribution is -0.129. The van der Waals surface area contributed by atoms with Gasteiger partial charge < -0.3 is 9.80 Å². The fraction of sp³-hybridized carbons (Fsp3) is 0.435. The summed E-state index contributed by atoms with van der Waals surface area (Å²) in [5.74, 6) is 1.44. The molecule has 1 saturated heterocycles. The number of nitrogens with zero attached hydrogens (tertiary/aromatic N) is 5. The molecule has 3 heterocycles. The topological polar surface area (TPSA) is 54.3 Å². The number of hydrogen-bond acceptors (Lipinski definition) is 6. The summed E-state index contributed by atoms with van der Waals surface area (Å²) < 4.78 is 2.11. The van der Waals surface area contributed by atoms with Crippen molar-refractivity contribution >= 4 is 35.0 Å². The Bertz CT molecular complexity index is 1020. The molecular weight excluding hydrogens is 426 g/mol. The normalized spacial score (nSPS) is 16.1. The number of carbonyl (C=O) groups is 1. The van der Waals surface area contributed by atoms with E-state index in [1.807, 2.05) is 4.90 Å². The van der Waals surface area contributed by atoms with E-state index in [0.29, 0.717) is 18.3 Å². The van der Waals surface area contributed by atoms with Gasteiger partial charge >= 0.3 is 0 Å². The van der Waals surface area contributed by atoms with Crippen molar-refractivity contribution in [3.63, 3.8) is 0 Å². The Balaban J connectivity index is 1.36. The van der Waals surface area contributed by atoms with Crippen LogP contribution in [0.15, 0.2) is 46.2 Å². The van der Waals surface area contributed by atoms with Crippen LogP contribution in [0.1, 0.15) is 36.8 Å². The molecule has 5 rings (SSSR count). The number of carbonyl (C=O) groups excluding carboxylic acids is 1. The summed E-state index contributed by atoms with van der Waals surface area (Å²) in [4.78, 5) is 17.5. The van der Waals surface area contributed by atoms with Crippen LogP contribution >= 0.6 is 23.1 Å². The third-order valence-electron chi connectivity index (χ3n) is 5.86. The van der Waals surface area contributed by atoms with E-state index in [9.17, 15) is 4.79 Å². The second-order valence-corrected chi connectivity index (χ2v) is 10.0. The van der Waals surface area contributed by atoms with E-state index < -0.39 is 0 Å². The van der Waals surface area contributed by atoms with Crippen LogP contribution in [-0.2, 0) is 11.3 Å². The highest BCUT2D eigenvalue weighted by molar-refractivity contribution is 7.99. The molecule has 0 bridgehead atoms. The van der Waals surface area contributed by atoms with Crippen molar-refractivity contribution in [2.24, 2.45) is 0 Å². The number of amides is 1. The number of rotatable bonds is 8. The van der Waals surface area contributed by atoms with Crippen LogP contribution in [0, 0.1) is 6.92 Å². The molecule has 1 aromatic carbocycles. The summed E-state index contributed by atoms with van der Waals surface area (Å²) in [7, 11) is 0. The molecule has 0 radical (unpaired) electrons. The molecular formula is C23H27N5OS2. The van der Waals surface area contributed by atoms with Crippen molar-refractivity contribution in [1.82, 2.24) is 19.7 Å². The highest BCUT2D eigenvalue weighted by Crippen LogP contribution is 2.32. The van der Waals surface area contributed by atoms with Crippen LogP contribution in [0.25, 0.3) is 5.69 Å². The minimum atomic E-state index is 0.180. The standard InChI is InChI=1S/C23H27N5OS2/c1-17-4-6-20(7-5-17)28-22(26-11-2-3-12-26)24-25-23(28)31-16-21(29)27(19-8-9-19)14-18-10-13-30-15-18/h4-7,10,13,15,19H,2-3,8-9,11-12,14,16H2,1H3. The van der Waals surface area contributed by atoms with E-state index >= 15 is 0 Å². The summed E-state index contributed by atoms with van der Waals surface area (Å²) in [5.41, 5.74) is 3.48. The van der Waals surface area contributed by atoms with E-state index in [1.165, 1.54) is 35.7 Å². The Morgan fingerprint density at radius 2 is 1.94 bits per heavy atom. The maximum atomic E-state index is 13.1. The first-order chi connectivity index (χ1) is 15.2. The van der Waals surface area contributed by atoms with Crippen LogP contribution in [-0.4, -0.2) is 50.5 Å². The van der Waals surface area contributed by atoms with E-state index in [4.69, 9.17) is 0 Å². The molecule has 1 saturated carbocycles. The van der Waals surface area contributed by atoms with Gasteiger partial charge in [-0.3, -0.25) is 9.36 Å². The van der Waals surface area contributed by atoms with Gasteiger partial charge in [0, 0.05) is 25.7 Å². The van der Waals surface area contributed by atoms with Crippen molar-refractivity contribution in [2.45, 2.75) is 50.4 Å². The third-order valence-corrected chi connectivity index (χ3v) is 7.51. The second kappa shape index (κ2) is 9.04. The zero-order valence-electron chi connectivity index (χ0n) is 17.7. The van der Waals surface area contributed by atoms with Crippen LogP contribution in [0.5, 0.6) is 0 Å². The highest BCUT2D eigenvalue weighted by atomic mass is 32.2. The SMILES string of the molecule is Cc1ccc(-n2c(SCC(=O)N(Cc3ccsc3)C3CC3)nnc2N2CCCC2)cc1. The minimum absolute atomic E-state index is 0.180. The quantitative estimate of drug-likeness (QED) is 0.470. The van der Waals surface area contributed by atoms with Gasteiger partial charge in [-0.25, -0.2) is 0 Å². The third kappa shape index (κ3) is 4.65. The molecule has 0 spiro atoms. The van der Waals surface area contributed by atoms with E-state index in [2.05, 4.69) is 67.7 Å². The molecule has 1 amide bonds. The van der Waals surface area contributed by atoms with Crippen LogP contribution in [0.4, 0.5) is 5.95 Å². The molecule has 8 heteroatoms. The molecule has 6 nitrogen and oxygen atoms in total. The maximum Gasteiger partial charge on any atom is 0.233 e. The molecule has 0 N–H and O–H groups in total. The second-order valence-electron chi connectivity index (χ2n) is 8.32. The van der Waals surface area contributed by atoms with Crippen molar-refractivity contribution in [2.75, 3.05) is 23.7 Å². The summed E-state index contributed by atoms with van der Waals surface area (Å²) >= 11 is 3.18. The molecule has 31 heavy (non-hydrogen) atoms. The van der Waals surface area contributed by atoms with Crippen molar-refractivity contribution in [1.29, 1.82) is 0 Å². The molecule has 1 aliphatic carbocycles. The first-order valence-corrected chi connectivity index (χ1v) is 12.8. The molecule has 3 aromatic rings. The fourth-order valence-corrected chi connectivity index (χ4v) is 5.49. The average Bonchev–Trinajstić information content (AvgIpc) is 3.18. The Kier molecular flexibility index (Phi) is 6.00. The lowest BCUT2D eigenvalue weighted by Gasteiger charge is -2.22. The highest BCUT2D eigenvalue weighted by Gasteiger charge is 2.33. The first kappa shape index (κ1) is 20.6. The number of thiophene rings is 1.